The first-order valence-corrected chi connectivity index (χ1v) is 6.43. The fourth-order valence-corrected chi connectivity index (χ4v) is 2.29. The molecule has 3 heteroatoms. The van der Waals surface area contributed by atoms with Crippen molar-refractivity contribution in [2.45, 2.75) is 70.9 Å². The number of nitrogens with two attached hydrogens (primary N) is 1. The minimum absolute atomic E-state index is 0.105. The highest BCUT2D eigenvalue weighted by atomic mass is 16.1. The first-order chi connectivity index (χ1) is 7.37. The molecule has 16 heavy (non-hydrogen) atoms. The monoisotopic (exact) mass is 226 g/mol. The first-order valence-electron chi connectivity index (χ1n) is 6.43. The number of hydrogen-bond acceptors (Lipinski definition) is 2. The third kappa shape index (κ3) is 5.50. The van der Waals surface area contributed by atoms with E-state index in [0.717, 1.165) is 19.3 Å². The van der Waals surface area contributed by atoms with Crippen molar-refractivity contribution in [3.8, 4) is 0 Å². The molecule has 0 saturated heterocycles. The molecule has 0 aromatic rings. The van der Waals surface area contributed by atoms with Crippen LogP contribution in [0.2, 0.25) is 0 Å². The molecule has 0 radical (unpaired) electrons. The van der Waals surface area contributed by atoms with E-state index in [4.69, 9.17) is 5.73 Å². The second-order valence-electron chi connectivity index (χ2n) is 6.12. The van der Waals surface area contributed by atoms with Crippen molar-refractivity contribution in [1.29, 1.82) is 0 Å². The van der Waals surface area contributed by atoms with Crippen molar-refractivity contribution in [1.82, 2.24) is 5.32 Å². The maximum atomic E-state index is 11.6. The Morgan fingerprint density at radius 2 is 1.81 bits per heavy atom. The standard InChI is InChI=1S/C13H26N2O/c1-13(2,3)15-12(16)9-6-10-4-7-11(14)8-5-10/h10-11H,4-9,14H2,1-3H3,(H,15,16). The second kappa shape index (κ2) is 5.67. The van der Waals surface area contributed by atoms with Gasteiger partial charge in [-0.25, -0.2) is 0 Å². The molecule has 3 nitrogen and oxygen atoms in total. The molecule has 0 aromatic heterocycles. The van der Waals surface area contributed by atoms with Crippen LogP contribution in [0.4, 0.5) is 0 Å². The predicted molar refractivity (Wildman–Crippen MR) is 67.1 cm³/mol. The molecule has 0 spiro atoms. The van der Waals surface area contributed by atoms with Gasteiger partial charge in [-0.3, -0.25) is 4.79 Å². The van der Waals surface area contributed by atoms with Crippen molar-refractivity contribution in [3.63, 3.8) is 0 Å². The summed E-state index contributed by atoms with van der Waals surface area (Å²) in [6, 6.07) is 0.402. The van der Waals surface area contributed by atoms with Crippen molar-refractivity contribution >= 4 is 5.91 Å². The summed E-state index contributed by atoms with van der Waals surface area (Å²) in [5.41, 5.74) is 5.75. The highest BCUT2D eigenvalue weighted by molar-refractivity contribution is 5.76. The summed E-state index contributed by atoms with van der Waals surface area (Å²) in [5.74, 6) is 0.896. The minimum atomic E-state index is -0.105. The third-order valence-corrected chi connectivity index (χ3v) is 3.19. The van der Waals surface area contributed by atoms with E-state index in [0.29, 0.717) is 18.4 Å². The highest BCUT2D eigenvalue weighted by Gasteiger charge is 2.20. The van der Waals surface area contributed by atoms with E-state index in [2.05, 4.69) is 5.32 Å². The topological polar surface area (TPSA) is 55.1 Å². The smallest absolute Gasteiger partial charge is 0.220 e. The van der Waals surface area contributed by atoms with Crippen LogP contribution in [-0.4, -0.2) is 17.5 Å². The summed E-state index contributed by atoms with van der Waals surface area (Å²) in [4.78, 5) is 11.6. The fourth-order valence-electron chi connectivity index (χ4n) is 2.29. The summed E-state index contributed by atoms with van der Waals surface area (Å²) in [7, 11) is 0. The van der Waals surface area contributed by atoms with Crippen molar-refractivity contribution < 1.29 is 4.79 Å². The molecule has 0 bridgehead atoms. The maximum Gasteiger partial charge on any atom is 0.220 e. The molecule has 0 aromatic carbocycles. The Balaban J connectivity index is 2.17. The number of hydrogen-bond donors (Lipinski definition) is 2. The van der Waals surface area contributed by atoms with Crippen LogP contribution in [0.1, 0.15) is 59.3 Å². The lowest BCUT2D eigenvalue weighted by Crippen LogP contribution is -2.40. The van der Waals surface area contributed by atoms with Gasteiger partial charge in [-0.1, -0.05) is 0 Å². The number of amides is 1. The summed E-state index contributed by atoms with van der Waals surface area (Å²) in [6.07, 6.45) is 6.34. The molecule has 3 N–H and O–H groups in total. The normalized spacial score (nSPS) is 26.5. The van der Waals surface area contributed by atoms with Gasteiger partial charge in [0, 0.05) is 18.0 Å². The van der Waals surface area contributed by atoms with Crippen molar-refractivity contribution in [2.75, 3.05) is 0 Å². The van der Waals surface area contributed by atoms with Gasteiger partial charge in [0.2, 0.25) is 5.91 Å². The van der Waals surface area contributed by atoms with Gasteiger partial charge in [-0.05, 0) is 58.8 Å². The molecule has 1 rings (SSSR count). The van der Waals surface area contributed by atoms with Crippen LogP contribution < -0.4 is 11.1 Å². The Kier molecular flexibility index (Phi) is 4.78. The van der Waals surface area contributed by atoms with Crippen LogP contribution in [0.15, 0.2) is 0 Å². The molecule has 1 amide bonds. The third-order valence-electron chi connectivity index (χ3n) is 3.19. The quantitative estimate of drug-likeness (QED) is 0.775. The van der Waals surface area contributed by atoms with Crippen molar-refractivity contribution in [3.05, 3.63) is 0 Å². The second-order valence-corrected chi connectivity index (χ2v) is 6.12. The molecule has 1 aliphatic rings. The van der Waals surface area contributed by atoms with Crippen LogP contribution in [0.5, 0.6) is 0 Å². The summed E-state index contributed by atoms with van der Waals surface area (Å²) >= 11 is 0. The van der Waals surface area contributed by atoms with E-state index in [1.54, 1.807) is 0 Å². The van der Waals surface area contributed by atoms with E-state index in [-0.39, 0.29) is 11.4 Å². The SMILES string of the molecule is CC(C)(C)NC(=O)CCC1CCC(N)CC1. The van der Waals surface area contributed by atoms with Crippen LogP contribution in [-0.2, 0) is 4.79 Å². The zero-order valence-electron chi connectivity index (χ0n) is 10.9. The van der Waals surface area contributed by atoms with Crippen LogP contribution in [0.3, 0.4) is 0 Å². The average molecular weight is 226 g/mol. The maximum absolute atomic E-state index is 11.6. The predicted octanol–water partition coefficient (Wildman–Crippen LogP) is 2.20. The largest absolute Gasteiger partial charge is 0.352 e. The lowest BCUT2D eigenvalue weighted by atomic mass is 9.84. The molecule has 0 atom stereocenters. The van der Waals surface area contributed by atoms with Gasteiger partial charge in [-0.2, -0.15) is 0 Å². The molecule has 1 aliphatic carbocycles. The Labute approximate surface area is 99.2 Å². The van der Waals surface area contributed by atoms with Crippen LogP contribution in [0.25, 0.3) is 0 Å². The van der Waals surface area contributed by atoms with Gasteiger partial charge in [0.15, 0.2) is 0 Å². The number of rotatable bonds is 3. The van der Waals surface area contributed by atoms with Gasteiger partial charge in [0.25, 0.3) is 0 Å². The molecular formula is C13H26N2O. The fraction of sp³-hybridized carbons (Fsp3) is 0.923. The van der Waals surface area contributed by atoms with Gasteiger partial charge in [0.1, 0.15) is 0 Å². The first kappa shape index (κ1) is 13.5. The minimum Gasteiger partial charge on any atom is -0.352 e. The average Bonchev–Trinajstić information content (AvgIpc) is 2.14. The lowest BCUT2D eigenvalue weighted by Gasteiger charge is -2.26. The van der Waals surface area contributed by atoms with E-state index in [1.165, 1.54) is 12.8 Å². The summed E-state index contributed by atoms with van der Waals surface area (Å²) in [5, 5.41) is 3.00. The van der Waals surface area contributed by atoms with Gasteiger partial charge in [-0.15, -0.1) is 0 Å². The Bertz CT molecular complexity index is 225. The Morgan fingerprint density at radius 3 is 2.31 bits per heavy atom. The molecule has 0 aliphatic heterocycles. The Hall–Kier alpha value is -0.570. The number of nitrogens with one attached hydrogen (secondary N) is 1. The van der Waals surface area contributed by atoms with Crippen LogP contribution in [0, 0.1) is 5.92 Å². The van der Waals surface area contributed by atoms with Gasteiger partial charge in [0.05, 0.1) is 0 Å². The molecule has 1 fully saturated rings. The molecule has 94 valence electrons. The zero-order valence-corrected chi connectivity index (χ0v) is 10.9. The van der Waals surface area contributed by atoms with Crippen molar-refractivity contribution in [2.24, 2.45) is 11.7 Å². The van der Waals surface area contributed by atoms with Gasteiger partial charge < -0.3 is 11.1 Å². The number of carbonyl (C=O) groups is 1. The van der Waals surface area contributed by atoms with E-state index >= 15 is 0 Å². The highest BCUT2D eigenvalue weighted by Crippen LogP contribution is 2.26. The zero-order chi connectivity index (χ0) is 12.2. The molecule has 0 heterocycles. The van der Waals surface area contributed by atoms with Crippen LogP contribution >= 0.6 is 0 Å². The number of carbonyl (C=O) groups excluding carboxylic acids is 1. The molecular weight excluding hydrogens is 200 g/mol. The van der Waals surface area contributed by atoms with E-state index in [1.807, 2.05) is 20.8 Å². The van der Waals surface area contributed by atoms with E-state index < -0.39 is 0 Å². The summed E-state index contributed by atoms with van der Waals surface area (Å²) < 4.78 is 0. The molecule has 0 unspecified atom stereocenters. The summed E-state index contributed by atoms with van der Waals surface area (Å²) in [6.45, 7) is 6.06. The van der Waals surface area contributed by atoms with E-state index in [9.17, 15) is 4.79 Å². The lowest BCUT2D eigenvalue weighted by molar-refractivity contribution is -0.122. The Morgan fingerprint density at radius 1 is 1.25 bits per heavy atom. The molecule has 1 saturated carbocycles. The van der Waals surface area contributed by atoms with Gasteiger partial charge >= 0.3 is 0 Å².